The van der Waals surface area contributed by atoms with E-state index in [0.29, 0.717) is 0 Å². The van der Waals surface area contributed by atoms with Gasteiger partial charge in [-0.2, -0.15) is 9.61 Å². The molecule has 0 unspecified atom stereocenters. The number of piperazine rings is 1. The molecule has 0 saturated carbocycles. The molecule has 2 N–H and O–H groups in total. The van der Waals surface area contributed by atoms with Crippen molar-refractivity contribution >= 4 is 11.5 Å². The molecule has 1 aromatic carbocycles. The Balaban J connectivity index is 1.79. The van der Waals surface area contributed by atoms with Crippen molar-refractivity contribution in [1.82, 2.24) is 14.6 Å². The fourth-order valence-corrected chi connectivity index (χ4v) is 3.84. The second-order valence-corrected chi connectivity index (χ2v) is 8.62. The molecule has 3 aromatic rings. The van der Waals surface area contributed by atoms with Crippen LogP contribution >= 0.6 is 0 Å². The molecule has 4 rings (SSSR count). The molecule has 0 amide bonds. The second kappa shape index (κ2) is 7.53. The standard InChI is InChI=1S/C22H29N5O/c1-22(2,3)19-15-20(26-11-9-25(10-12-26)13-14-28)27-21(24-19)18(16-23-27)17-7-5-4-6-8-17/h4-8,15-16,28H,9-14H2,1-3H3/p+1. The summed E-state index contributed by atoms with van der Waals surface area (Å²) in [7, 11) is 0. The minimum absolute atomic E-state index is 0.0430. The van der Waals surface area contributed by atoms with Crippen LogP contribution in [0.25, 0.3) is 16.8 Å². The van der Waals surface area contributed by atoms with Gasteiger partial charge in [0.15, 0.2) is 5.65 Å². The molecule has 3 heterocycles. The summed E-state index contributed by atoms with van der Waals surface area (Å²) in [6, 6.07) is 12.6. The zero-order chi connectivity index (χ0) is 19.7. The highest BCUT2D eigenvalue weighted by atomic mass is 16.3. The van der Waals surface area contributed by atoms with Crippen molar-refractivity contribution in [2.45, 2.75) is 26.2 Å². The average molecular weight is 381 g/mol. The van der Waals surface area contributed by atoms with E-state index in [9.17, 15) is 5.11 Å². The van der Waals surface area contributed by atoms with Crippen molar-refractivity contribution in [1.29, 1.82) is 0 Å². The average Bonchev–Trinajstić information content (AvgIpc) is 3.12. The molecule has 0 spiro atoms. The first-order valence-corrected chi connectivity index (χ1v) is 10.1. The number of aromatic nitrogens is 3. The van der Waals surface area contributed by atoms with Crippen molar-refractivity contribution < 1.29 is 10.0 Å². The van der Waals surface area contributed by atoms with E-state index in [0.717, 1.165) is 61.0 Å². The molecule has 28 heavy (non-hydrogen) atoms. The number of hydrogen-bond acceptors (Lipinski definition) is 4. The van der Waals surface area contributed by atoms with Crippen LogP contribution in [-0.4, -0.2) is 59.0 Å². The van der Waals surface area contributed by atoms with Gasteiger partial charge in [-0.25, -0.2) is 4.98 Å². The van der Waals surface area contributed by atoms with Crippen LogP contribution < -0.4 is 9.80 Å². The monoisotopic (exact) mass is 380 g/mol. The van der Waals surface area contributed by atoms with E-state index in [-0.39, 0.29) is 12.0 Å². The number of nitrogens with zero attached hydrogens (tertiary/aromatic N) is 4. The fraction of sp³-hybridized carbons (Fsp3) is 0.455. The summed E-state index contributed by atoms with van der Waals surface area (Å²) in [5.41, 5.74) is 4.16. The van der Waals surface area contributed by atoms with E-state index in [1.165, 1.54) is 4.90 Å². The van der Waals surface area contributed by atoms with Gasteiger partial charge in [0, 0.05) is 17.0 Å². The van der Waals surface area contributed by atoms with Gasteiger partial charge in [-0.15, -0.1) is 0 Å². The van der Waals surface area contributed by atoms with E-state index < -0.39 is 0 Å². The summed E-state index contributed by atoms with van der Waals surface area (Å²) in [6.07, 6.45) is 1.93. The predicted octanol–water partition coefficient (Wildman–Crippen LogP) is 1.39. The Labute approximate surface area is 166 Å². The molecule has 0 radical (unpaired) electrons. The zero-order valence-corrected chi connectivity index (χ0v) is 17.0. The topological polar surface area (TPSA) is 58.1 Å². The lowest BCUT2D eigenvalue weighted by Gasteiger charge is -2.34. The summed E-state index contributed by atoms with van der Waals surface area (Å²) in [5, 5.41) is 13.9. The summed E-state index contributed by atoms with van der Waals surface area (Å²) < 4.78 is 1.99. The van der Waals surface area contributed by atoms with Gasteiger partial charge in [0.05, 0.1) is 44.7 Å². The Morgan fingerprint density at radius 3 is 2.46 bits per heavy atom. The van der Waals surface area contributed by atoms with Crippen LogP contribution in [0.4, 0.5) is 5.82 Å². The number of anilines is 1. The third kappa shape index (κ3) is 3.62. The highest BCUT2D eigenvalue weighted by Gasteiger charge is 2.26. The molecule has 1 saturated heterocycles. The van der Waals surface area contributed by atoms with Gasteiger partial charge in [-0.1, -0.05) is 51.1 Å². The van der Waals surface area contributed by atoms with Crippen molar-refractivity contribution in [3.63, 3.8) is 0 Å². The largest absolute Gasteiger partial charge is 0.391 e. The first-order chi connectivity index (χ1) is 13.5. The van der Waals surface area contributed by atoms with Crippen LogP contribution in [0.3, 0.4) is 0 Å². The number of nitrogens with one attached hydrogen (secondary N) is 1. The van der Waals surface area contributed by atoms with Crippen LogP contribution in [0.1, 0.15) is 26.5 Å². The van der Waals surface area contributed by atoms with Gasteiger partial charge in [-0.05, 0) is 5.56 Å². The van der Waals surface area contributed by atoms with Gasteiger partial charge >= 0.3 is 0 Å². The normalized spacial score (nSPS) is 16.1. The Hall–Kier alpha value is -2.44. The molecule has 1 fully saturated rings. The molecular weight excluding hydrogens is 350 g/mol. The molecular formula is C22H30N5O+. The Bertz CT molecular complexity index is 937. The van der Waals surface area contributed by atoms with Crippen molar-refractivity contribution in [3.8, 4) is 11.1 Å². The van der Waals surface area contributed by atoms with Gasteiger partial charge in [0.25, 0.3) is 0 Å². The minimum atomic E-state index is -0.0430. The zero-order valence-electron chi connectivity index (χ0n) is 17.0. The van der Waals surface area contributed by atoms with E-state index >= 15 is 0 Å². The Morgan fingerprint density at radius 2 is 1.82 bits per heavy atom. The maximum absolute atomic E-state index is 9.22. The van der Waals surface area contributed by atoms with Crippen molar-refractivity contribution in [2.24, 2.45) is 0 Å². The van der Waals surface area contributed by atoms with E-state index in [1.54, 1.807) is 0 Å². The number of quaternary nitrogens is 1. The van der Waals surface area contributed by atoms with Crippen molar-refractivity contribution in [2.75, 3.05) is 44.2 Å². The van der Waals surface area contributed by atoms with Crippen LogP contribution in [0.2, 0.25) is 0 Å². The van der Waals surface area contributed by atoms with Gasteiger partial charge in [0.1, 0.15) is 12.4 Å². The van der Waals surface area contributed by atoms with Gasteiger partial charge < -0.3 is 14.9 Å². The number of rotatable bonds is 4. The maximum Gasteiger partial charge on any atom is 0.165 e. The van der Waals surface area contributed by atoms with E-state index in [1.807, 2.05) is 16.8 Å². The number of aliphatic hydroxyl groups excluding tert-OH is 1. The third-order valence-corrected chi connectivity index (χ3v) is 5.57. The first kappa shape index (κ1) is 18.9. The number of aliphatic hydroxyl groups is 1. The van der Waals surface area contributed by atoms with E-state index in [2.05, 4.69) is 56.0 Å². The summed E-state index contributed by atoms with van der Waals surface area (Å²) >= 11 is 0. The summed E-state index contributed by atoms with van der Waals surface area (Å²) in [6.45, 7) is 11.7. The van der Waals surface area contributed by atoms with Crippen LogP contribution in [-0.2, 0) is 5.41 Å². The number of benzene rings is 1. The molecule has 1 aliphatic rings. The molecule has 0 atom stereocenters. The minimum Gasteiger partial charge on any atom is -0.391 e. The maximum atomic E-state index is 9.22. The molecule has 6 nitrogen and oxygen atoms in total. The molecule has 0 aliphatic carbocycles. The number of fused-ring (bicyclic) bond motifs is 1. The molecule has 148 valence electrons. The summed E-state index contributed by atoms with van der Waals surface area (Å²) in [4.78, 5) is 8.89. The lowest BCUT2D eigenvalue weighted by molar-refractivity contribution is -0.900. The van der Waals surface area contributed by atoms with Crippen LogP contribution in [0, 0.1) is 0 Å². The lowest BCUT2D eigenvalue weighted by Crippen LogP contribution is -3.15. The molecule has 0 bridgehead atoms. The quantitative estimate of drug-likeness (QED) is 0.718. The summed E-state index contributed by atoms with van der Waals surface area (Å²) in [5.74, 6) is 1.11. The van der Waals surface area contributed by atoms with Gasteiger partial charge in [0.2, 0.25) is 0 Å². The Kier molecular flexibility index (Phi) is 5.08. The SMILES string of the molecule is CC(C)(C)c1cc(N2CC[NH+](CCO)CC2)n2ncc(-c3ccccc3)c2n1. The molecule has 1 aliphatic heterocycles. The predicted molar refractivity (Wildman–Crippen MR) is 112 cm³/mol. The molecule has 6 heteroatoms. The fourth-order valence-electron chi connectivity index (χ4n) is 3.84. The lowest BCUT2D eigenvalue weighted by atomic mass is 9.91. The molecule has 2 aromatic heterocycles. The number of hydrogen-bond donors (Lipinski definition) is 2. The second-order valence-electron chi connectivity index (χ2n) is 8.62. The smallest absolute Gasteiger partial charge is 0.165 e. The highest BCUT2D eigenvalue weighted by Crippen LogP contribution is 2.30. The third-order valence-electron chi connectivity index (χ3n) is 5.57. The van der Waals surface area contributed by atoms with Crippen LogP contribution in [0.15, 0.2) is 42.6 Å². The van der Waals surface area contributed by atoms with E-state index in [4.69, 9.17) is 10.1 Å². The van der Waals surface area contributed by atoms with Crippen molar-refractivity contribution in [3.05, 3.63) is 48.3 Å². The highest BCUT2D eigenvalue weighted by molar-refractivity contribution is 5.78. The first-order valence-electron chi connectivity index (χ1n) is 10.1. The van der Waals surface area contributed by atoms with Gasteiger partial charge in [-0.3, -0.25) is 0 Å². The Morgan fingerprint density at radius 1 is 1.11 bits per heavy atom. The van der Waals surface area contributed by atoms with Crippen LogP contribution in [0.5, 0.6) is 0 Å².